The van der Waals surface area contributed by atoms with E-state index < -0.39 is 81.5 Å². The van der Waals surface area contributed by atoms with Gasteiger partial charge in [0.25, 0.3) is 5.56 Å². The summed E-state index contributed by atoms with van der Waals surface area (Å²) in [6.07, 6.45) is -4.37. The van der Waals surface area contributed by atoms with Crippen LogP contribution in [0.25, 0.3) is 22.2 Å². The van der Waals surface area contributed by atoms with Crippen LogP contribution in [-0.4, -0.2) is 95.3 Å². The average molecular weight is 823 g/mol. The van der Waals surface area contributed by atoms with Gasteiger partial charge in [-0.1, -0.05) is 24.1 Å². The van der Waals surface area contributed by atoms with Crippen LogP contribution in [0.1, 0.15) is 36.6 Å². The van der Waals surface area contributed by atoms with E-state index in [1.54, 1.807) is 6.20 Å². The number of halogens is 2. The quantitative estimate of drug-likeness (QED) is 0.114. The molecule has 2 unspecified atom stereocenters. The van der Waals surface area contributed by atoms with E-state index in [0.29, 0.717) is 5.65 Å². The normalized spacial score (nSPS) is 35.1. The van der Waals surface area contributed by atoms with Crippen molar-refractivity contribution in [3.63, 3.8) is 0 Å². The minimum absolute atomic E-state index is 0. The van der Waals surface area contributed by atoms with Gasteiger partial charge in [-0.3, -0.25) is 23.0 Å². The fraction of sp³-hybridized carbons (Fsp3) is 0.593. The standard InChI is InChI=1S/C27H31F2N7O10P2S2.2Na/c28-18-15-8-41-47(39,49)45-21-16(44-26(19(21)29)35-7-13-3-1-2-4-14-17(13)23(35)31-10-30-14)9-42-48(40,50)46-22(18)27(43-15)36-12-32-20-24(36)33-11-34(5-6-37)25(20)38;;/h7,10-12,15-16,18-19,21-22,26-27,37H,1-6,8-9H2,(H,39,49)(H,40,50);;/q;2*+1/p-1/t15-,16-,18-,19-,21-,22-,26-,27-,47?,48?;;/m1../s1. The van der Waals surface area contributed by atoms with E-state index in [4.69, 9.17) is 39.4 Å². The first kappa shape index (κ1) is 41.4. The molecule has 52 heavy (non-hydrogen) atoms. The first-order valence-electron chi connectivity index (χ1n) is 15.7. The zero-order valence-corrected chi connectivity index (χ0v) is 35.3. The molecule has 4 aromatic rings. The first-order valence-corrected chi connectivity index (χ1v) is 20.9. The van der Waals surface area contributed by atoms with Gasteiger partial charge in [0.15, 0.2) is 36.0 Å². The van der Waals surface area contributed by atoms with Gasteiger partial charge in [-0.25, -0.2) is 33.3 Å². The molecule has 4 aromatic heterocycles. The minimum Gasteiger partial charge on any atom is -0.780 e. The third-order valence-electron chi connectivity index (χ3n) is 9.15. The monoisotopic (exact) mass is 822 g/mol. The number of alkyl halides is 2. The molecule has 0 radical (unpaired) electrons. The van der Waals surface area contributed by atoms with Crippen molar-refractivity contribution in [2.24, 2.45) is 0 Å². The van der Waals surface area contributed by atoms with E-state index in [0.717, 1.165) is 53.2 Å². The van der Waals surface area contributed by atoms with Gasteiger partial charge in [0.1, 0.15) is 49.4 Å². The summed E-state index contributed by atoms with van der Waals surface area (Å²) < 4.78 is 83.9. The molecule has 17 nitrogen and oxygen atoms in total. The predicted octanol–water partition coefficient (Wildman–Crippen LogP) is -4.17. The zero-order valence-electron chi connectivity index (χ0n) is 27.8. The van der Waals surface area contributed by atoms with Crippen LogP contribution in [0.15, 0.2) is 30.0 Å². The number of hydrogen-bond donors (Lipinski definition) is 2. The number of fused-ring (bicyclic) bond motifs is 4. The van der Waals surface area contributed by atoms with Crippen molar-refractivity contribution >= 4 is 59.8 Å². The molecule has 1 aliphatic carbocycles. The van der Waals surface area contributed by atoms with Gasteiger partial charge in [0.2, 0.25) is 0 Å². The molecular weight excluding hydrogens is 792 g/mol. The number of imidazole rings is 1. The second-order valence-electron chi connectivity index (χ2n) is 12.2. The van der Waals surface area contributed by atoms with E-state index in [-0.39, 0.29) is 83.4 Å². The summed E-state index contributed by atoms with van der Waals surface area (Å²) in [5, 5.41) is 10.1. The van der Waals surface area contributed by atoms with Crippen LogP contribution in [-0.2, 0) is 63.3 Å². The van der Waals surface area contributed by atoms with Crippen LogP contribution in [0, 0.1) is 0 Å². The molecule has 1 N–H and O–H groups in total. The van der Waals surface area contributed by atoms with Gasteiger partial charge < -0.3 is 33.1 Å². The van der Waals surface area contributed by atoms with Gasteiger partial charge in [0.05, 0.1) is 38.4 Å². The summed E-state index contributed by atoms with van der Waals surface area (Å²) >= 11 is 9.18. The van der Waals surface area contributed by atoms with E-state index in [1.807, 2.05) is 0 Å². The van der Waals surface area contributed by atoms with Crippen LogP contribution in [0.4, 0.5) is 8.78 Å². The molecule has 3 fully saturated rings. The third kappa shape index (κ3) is 7.72. The Labute approximate surface area is 348 Å². The molecule has 0 aromatic carbocycles. The van der Waals surface area contributed by atoms with Gasteiger partial charge in [-0.15, -0.1) is 0 Å². The molecule has 0 saturated carbocycles. The number of thiol groups is 1. The molecule has 3 saturated heterocycles. The smallest absolute Gasteiger partial charge is 0.780 e. The molecule has 10 atom stereocenters. The Hall–Kier alpha value is -0.260. The van der Waals surface area contributed by atoms with Crippen LogP contribution in [0.5, 0.6) is 0 Å². The number of aliphatic hydroxyl groups is 1. The summed E-state index contributed by atoms with van der Waals surface area (Å²) in [7, 11) is 0. The molecule has 3 aliphatic heterocycles. The van der Waals surface area contributed by atoms with Crippen LogP contribution in [0.3, 0.4) is 0 Å². The molecular formula is C27H30F2N7Na2O10P2S2+. The zero-order chi connectivity index (χ0) is 34.9. The van der Waals surface area contributed by atoms with E-state index in [1.165, 1.54) is 21.8 Å². The summed E-state index contributed by atoms with van der Waals surface area (Å²) in [6.45, 7) is -10.8. The first-order chi connectivity index (χ1) is 23.9. The molecule has 0 spiro atoms. The van der Waals surface area contributed by atoms with Crippen molar-refractivity contribution in [2.45, 2.75) is 81.4 Å². The molecule has 0 amide bonds. The summed E-state index contributed by atoms with van der Waals surface area (Å²) in [5.41, 5.74) is 1.47. The minimum atomic E-state index is -4.56. The largest absolute Gasteiger partial charge is 1.00 e. The number of ether oxygens (including phenoxy) is 2. The van der Waals surface area contributed by atoms with Gasteiger partial charge in [-0.2, -0.15) is 0 Å². The fourth-order valence-corrected chi connectivity index (χ4v) is 9.72. The topological polar surface area (TPSA) is 199 Å². The van der Waals surface area contributed by atoms with Crippen LogP contribution >= 0.6 is 25.8 Å². The molecule has 2 bridgehead atoms. The van der Waals surface area contributed by atoms with Gasteiger partial charge in [0, 0.05) is 11.6 Å². The van der Waals surface area contributed by atoms with Crippen molar-refractivity contribution in [1.82, 2.24) is 33.6 Å². The van der Waals surface area contributed by atoms with Crippen molar-refractivity contribution in [3.05, 3.63) is 46.8 Å². The van der Waals surface area contributed by atoms with Crippen LogP contribution < -0.4 is 69.6 Å². The number of aromatic nitrogens is 7. The number of aryl methyl sites for hydroxylation is 2. The third-order valence-corrected chi connectivity index (χ3v) is 12.3. The van der Waals surface area contributed by atoms with Crippen LogP contribution in [0.2, 0.25) is 0 Å². The maximum atomic E-state index is 16.4. The van der Waals surface area contributed by atoms with Crippen molar-refractivity contribution in [3.8, 4) is 0 Å². The number of nitrogens with zero attached hydrogens (tertiary/aromatic N) is 7. The van der Waals surface area contributed by atoms with Gasteiger partial charge in [-0.05, 0) is 31.2 Å². The molecule has 8 rings (SSSR count). The summed E-state index contributed by atoms with van der Waals surface area (Å²) in [6, 6.07) is 0. The van der Waals surface area contributed by atoms with E-state index in [2.05, 4.69) is 32.2 Å². The predicted molar refractivity (Wildman–Crippen MR) is 173 cm³/mol. The Morgan fingerprint density at radius 3 is 2.48 bits per heavy atom. The molecule has 270 valence electrons. The number of aliphatic hydroxyl groups excluding tert-OH is 1. The Morgan fingerprint density at radius 2 is 1.69 bits per heavy atom. The van der Waals surface area contributed by atoms with Crippen molar-refractivity contribution < 1.29 is 110 Å². The van der Waals surface area contributed by atoms with Gasteiger partial charge >= 0.3 is 65.9 Å². The maximum Gasteiger partial charge on any atom is 1.00 e. The molecule has 4 aliphatic rings. The molecule has 7 heterocycles. The molecule has 25 heteroatoms. The fourth-order valence-electron chi connectivity index (χ4n) is 6.85. The summed E-state index contributed by atoms with van der Waals surface area (Å²) in [5.74, 6) is 0. The Morgan fingerprint density at radius 1 is 0.942 bits per heavy atom. The maximum absolute atomic E-state index is 16.4. The van der Waals surface area contributed by atoms with E-state index in [9.17, 15) is 19.4 Å². The second-order valence-corrected chi connectivity index (χ2v) is 17.8. The summed E-state index contributed by atoms with van der Waals surface area (Å²) in [4.78, 5) is 43.4. The Kier molecular flexibility index (Phi) is 13.0. The Bertz CT molecular complexity index is 2120. The van der Waals surface area contributed by atoms with Crippen molar-refractivity contribution in [1.29, 1.82) is 0 Å². The average Bonchev–Trinajstić information content (AvgIpc) is 3.78. The SMILES string of the molecule is O=c1c2ncn([C@@H]3O[C@@H]4COP([O-])(=S)O[C@H]5[C@@H](F)[C@H](n6cc7c8c(ncnc86)CCCC7)O[C@@H]5COP(=O)(S)O[C@@H]3[C@@H]4F)c2ncn1CCO.[Na+].[Na+]. The van der Waals surface area contributed by atoms with Crippen molar-refractivity contribution in [2.75, 3.05) is 19.8 Å². The second kappa shape index (κ2) is 16.3. The number of hydrogen-bond acceptors (Lipinski definition) is 15. The Balaban J connectivity index is 0.00000232. The number of rotatable bonds is 4. The van der Waals surface area contributed by atoms with E-state index >= 15 is 8.78 Å².